The van der Waals surface area contributed by atoms with Crippen LogP contribution in [0.25, 0.3) is 0 Å². The van der Waals surface area contributed by atoms with Gasteiger partial charge in [0.05, 0.1) is 17.6 Å². The molecule has 1 aliphatic heterocycles. The Bertz CT molecular complexity index is 211. The van der Waals surface area contributed by atoms with E-state index in [1.165, 1.54) is 0 Å². The van der Waals surface area contributed by atoms with Crippen LogP contribution >= 0.6 is 0 Å². The zero-order valence-electron chi connectivity index (χ0n) is 5.53. The topological polar surface area (TPSA) is 80.4 Å². The van der Waals surface area contributed by atoms with Crippen molar-refractivity contribution < 1.29 is 13.5 Å². The Morgan fingerprint density at radius 3 is 2.50 bits per heavy atom. The first-order valence-electron chi connectivity index (χ1n) is 3.15. The van der Waals surface area contributed by atoms with Crippen molar-refractivity contribution in [3.8, 4) is 0 Å². The average Bonchev–Trinajstić information content (AvgIpc) is 1.79. The molecule has 0 bridgehead atoms. The Labute approximate surface area is 60.0 Å². The van der Waals surface area contributed by atoms with Crippen molar-refractivity contribution in [3.63, 3.8) is 0 Å². The zero-order valence-corrected chi connectivity index (χ0v) is 6.34. The molecule has 0 aromatic heterocycles. The molecule has 0 radical (unpaired) electrons. The first kappa shape index (κ1) is 7.97. The molecule has 1 saturated heterocycles. The van der Waals surface area contributed by atoms with Crippen LogP contribution in [0, 0.1) is 0 Å². The van der Waals surface area contributed by atoms with Gasteiger partial charge in [-0.1, -0.05) is 0 Å². The number of sulfone groups is 1. The molecule has 4 nitrogen and oxygen atoms in total. The molecule has 0 spiro atoms. The number of hydrogen-bond donors (Lipinski definition) is 2. The van der Waals surface area contributed by atoms with E-state index in [9.17, 15) is 8.42 Å². The predicted molar refractivity (Wildman–Crippen MR) is 37.3 cm³/mol. The van der Waals surface area contributed by atoms with Gasteiger partial charge in [0.2, 0.25) is 0 Å². The predicted octanol–water partition coefficient (Wildman–Crippen LogP) is -1.51. The normalized spacial score (nSPS) is 39.4. The smallest absolute Gasteiger partial charge is 0.152 e. The SMILES string of the molecule is N[C@H]1CCS(=O)(=O)C[C@@H]1O. The van der Waals surface area contributed by atoms with Gasteiger partial charge in [-0.2, -0.15) is 0 Å². The number of rotatable bonds is 0. The molecule has 5 heteroatoms. The summed E-state index contributed by atoms with van der Waals surface area (Å²) in [5.74, 6) is -0.0562. The van der Waals surface area contributed by atoms with E-state index in [1.54, 1.807) is 0 Å². The maximum atomic E-state index is 10.8. The average molecular weight is 165 g/mol. The molecule has 1 fully saturated rings. The van der Waals surface area contributed by atoms with Gasteiger partial charge in [-0.25, -0.2) is 8.42 Å². The third kappa shape index (κ3) is 1.68. The van der Waals surface area contributed by atoms with E-state index < -0.39 is 15.9 Å². The van der Waals surface area contributed by atoms with Crippen molar-refractivity contribution in [2.75, 3.05) is 11.5 Å². The summed E-state index contributed by atoms with van der Waals surface area (Å²) in [7, 11) is -2.99. The lowest BCUT2D eigenvalue weighted by Gasteiger charge is -2.23. The standard InChI is InChI=1S/C5H11NO3S/c6-4-1-2-10(8,9)3-5(4)7/h4-5,7H,1-3,6H2/t4-,5-/m0/s1. The highest BCUT2D eigenvalue weighted by Crippen LogP contribution is 2.10. The minimum atomic E-state index is -2.99. The first-order chi connectivity index (χ1) is 4.51. The van der Waals surface area contributed by atoms with Crippen molar-refractivity contribution in [1.29, 1.82) is 0 Å². The highest BCUT2D eigenvalue weighted by Gasteiger charge is 2.28. The van der Waals surface area contributed by atoms with Crippen LogP contribution in [0.1, 0.15) is 6.42 Å². The van der Waals surface area contributed by atoms with Gasteiger partial charge < -0.3 is 10.8 Å². The van der Waals surface area contributed by atoms with Crippen molar-refractivity contribution >= 4 is 9.84 Å². The quantitative estimate of drug-likeness (QED) is 0.457. The third-order valence-corrected chi connectivity index (χ3v) is 3.39. The third-order valence-electron chi connectivity index (χ3n) is 1.68. The van der Waals surface area contributed by atoms with E-state index >= 15 is 0 Å². The Kier molecular flexibility index (Phi) is 1.98. The summed E-state index contributed by atoms with van der Waals surface area (Å²) in [5, 5.41) is 9.01. The van der Waals surface area contributed by atoms with E-state index in [4.69, 9.17) is 10.8 Å². The van der Waals surface area contributed by atoms with Crippen LogP contribution in [-0.4, -0.2) is 37.2 Å². The molecule has 1 aliphatic rings. The monoisotopic (exact) mass is 165 g/mol. The molecule has 0 unspecified atom stereocenters. The number of aliphatic hydroxyl groups excluding tert-OH is 1. The molecule has 0 aromatic rings. The van der Waals surface area contributed by atoms with Crippen molar-refractivity contribution in [3.05, 3.63) is 0 Å². The fourth-order valence-electron chi connectivity index (χ4n) is 0.975. The number of hydrogen-bond acceptors (Lipinski definition) is 4. The Balaban J connectivity index is 2.66. The van der Waals surface area contributed by atoms with E-state index in [1.807, 2.05) is 0 Å². The van der Waals surface area contributed by atoms with Crippen LogP contribution in [0.3, 0.4) is 0 Å². The van der Waals surface area contributed by atoms with Crippen LogP contribution in [0.15, 0.2) is 0 Å². The molecular weight excluding hydrogens is 154 g/mol. The van der Waals surface area contributed by atoms with Crippen molar-refractivity contribution in [2.45, 2.75) is 18.6 Å². The van der Waals surface area contributed by atoms with Gasteiger partial charge in [0.15, 0.2) is 9.84 Å². The highest BCUT2D eigenvalue weighted by atomic mass is 32.2. The van der Waals surface area contributed by atoms with Crippen LogP contribution in [0.2, 0.25) is 0 Å². The van der Waals surface area contributed by atoms with Gasteiger partial charge in [-0.3, -0.25) is 0 Å². The summed E-state index contributed by atoms with van der Waals surface area (Å²) in [6, 6.07) is -0.358. The molecule has 60 valence electrons. The lowest BCUT2D eigenvalue weighted by atomic mass is 10.1. The molecule has 0 saturated carbocycles. The van der Waals surface area contributed by atoms with Gasteiger partial charge in [0, 0.05) is 6.04 Å². The lowest BCUT2D eigenvalue weighted by molar-refractivity contribution is 0.159. The maximum Gasteiger partial charge on any atom is 0.152 e. The van der Waals surface area contributed by atoms with E-state index in [0.717, 1.165) is 0 Å². The number of nitrogens with two attached hydrogens (primary N) is 1. The van der Waals surface area contributed by atoms with Gasteiger partial charge in [0.25, 0.3) is 0 Å². The molecule has 1 heterocycles. The van der Waals surface area contributed by atoms with E-state index in [0.29, 0.717) is 6.42 Å². The maximum absolute atomic E-state index is 10.8. The van der Waals surface area contributed by atoms with Crippen molar-refractivity contribution in [2.24, 2.45) is 5.73 Å². The fraction of sp³-hybridized carbons (Fsp3) is 1.00. The summed E-state index contributed by atoms with van der Waals surface area (Å²) in [4.78, 5) is 0. The Morgan fingerprint density at radius 1 is 1.50 bits per heavy atom. The highest BCUT2D eigenvalue weighted by molar-refractivity contribution is 7.91. The Hall–Kier alpha value is -0.130. The largest absolute Gasteiger partial charge is 0.390 e. The minimum absolute atomic E-state index is 0.116. The molecule has 10 heavy (non-hydrogen) atoms. The Morgan fingerprint density at radius 2 is 2.10 bits per heavy atom. The zero-order chi connectivity index (χ0) is 7.78. The van der Waals surface area contributed by atoms with Gasteiger partial charge in [0.1, 0.15) is 0 Å². The van der Waals surface area contributed by atoms with Crippen LogP contribution in [-0.2, 0) is 9.84 Å². The second kappa shape index (κ2) is 2.48. The van der Waals surface area contributed by atoms with E-state index in [-0.39, 0.29) is 17.5 Å². The van der Waals surface area contributed by atoms with Gasteiger partial charge in [-0.15, -0.1) is 0 Å². The summed E-state index contributed by atoms with van der Waals surface area (Å²) >= 11 is 0. The van der Waals surface area contributed by atoms with Crippen LogP contribution < -0.4 is 5.73 Å². The van der Waals surface area contributed by atoms with Crippen LogP contribution in [0.5, 0.6) is 0 Å². The van der Waals surface area contributed by atoms with Crippen LogP contribution in [0.4, 0.5) is 0 Å². The summed E-state index contributed by atoms with van der Waals surface area (Å²) in [6.07, 6.45) is -0.484. The van der Waals surface area contributed by atoms with Gasteiger partial charge in [-0.05, 0) is 6.42 Å². The molecule has 3 N–H and O–H groups in total. The molecule has 0 aliphatic carbocycles. The molecule has 0 aromatic carbocycles. The fourth-order valence-corrected chi connectivity index (χ4v) is 2.54. The molecule has 0 amide bonds. The van der Waals surface area contributed by atoms with Gasteiger partial charge >= 0.3 is 0 Å². The van der Waals surface area contributed by atoms with E-state index in [2.05, 4.69) is 0 Å². The minimum Gasteiger partial charge on any atom is -0.390 e. The summed E-state index contributed by atoms with van der Waals surface area (Å²) in [5.41, 5.74) is 5.38. The van der Waals surface area contributed by atoms with Crippen molar-refractivity contribution in [1.82, 2.24) is 0 Å². The lowest BCUT2D eigenvalue weighted by Crippen LogP contribution is -2.45. The second-order valence-electron chi connectivity index (χ2n) is 2.63. The molecule has 1 rings (SSSR count). The molecular formula is C5H11NO3S. The molecule has 2 atom stereocenters. The number of aliphatic hydroxyl groups is 1. The summed E-state index contributed by atoms with van der Waals surface area (Å²) in [6.45, 7) is 0. The first-order valence-corrected chi connectivity index (χ1v) is 4.97. The second-order valence-corrected chi connectivity index (χ2v) is 4.86. The summed E-state index contributed by atoms with van der Waals surface area (Å²) < 4.78 is 21.6.